The summed E-state index contributed by atoms with van der Waals surface area (Å²) in [5, 5.41) is 11.6. The second-order valence-corrected chi connectivity index (χ2v) is 5.92. The second kappa shape index (κ2) is 5.72. The molecule has 0 saturated heterocycles. The third-order valence-electron chi connectivity index (χ3n) is 4.55. The van der Waals surface area contributed by atoms with E-state index in [0.29, 0.717) is 18.4 Å². The van der Waals surface area contributed by atoms with E-state index in [4.69, 9.17) is 5.11 Å². The number of fused-ring (bicyclic) bond motifs is 1. The molecular weight excluding hydrogens is 266 g/mol. The summed E-state index contributed by atoms with van der Waals surface area (Å²) in [4.78, 5) is 22.6. The van der Waals surface area contributed by atoms with Crippen LogP contribution in [0.25, 0.3) is 6.08 Å². The summed E-state index contributed by atoms with van der Waals surface area (Å²) in [7, 11) is 0. The number of aliphatic carboxylic acids is 1. The fraction of sp³-hybridized carbons (Fsp3) is 0.412. The summed E-state index contributed by atoms with van der Waals surface area (Å²) in [6, 6.07) is 7.55. The molecule has 4 heteroatoms. The van der Waals surface area contributed by atoms with Gasteiger partial charge in [-0.2, -0.15) is 0 Å². The molecule has 110 valence electrons. The molecule has 1 aromatic carbocycles. The first-order valence-electron chi connectivity index (χ1n) is 7.43. The molecule has 1 aromatic rings. The standard InChI is InChI=1S/C17H19NO3/c19-15(20)8-7-11-3-1-4-12(9-11)10-18-17(21)16-13-5-2-6-14(13)16/h1,3-4,7-9,13-14,16H,2,5-6,10H2,(H,18,21)(H,19,20)/b8-7+. The minimum atomic E-state index is -0.964. The molecule has 0 aliphatic heterocycles. The lowest BCUT2D eigenvalue weighted by atomic mass is 10.1. The average molecular weight is 285 g/mol. The lowest BCUT2D eigenvalue weighted by Crippen LogP contribution is -2.26. The Morgan fingerprint density at radius 1 is 1.29 bits per heavy atom. The molecule has 3 rings (SSSR count). The van der Waals surface area contributed by atoms with Crippen molar-refractivity contribution in [2.45, 2.75) is 25.8 Å². The van der Waals surface area contributed by atoms with Crippen molar-refractivity contribution in [1.29, 1.82) is 0 Å². The molecule has 21 heavy (non-hydrogen) atoms. The molecule has 4 nitrogen and oxygen atoms in total. The third kappa shape index (κ3) is 3.15. The Kier molecular flexibility index (Phi) is 3.78. The van der Waals surface area contributed by atoms with E-state index in [1.165, 1.54) is 19.3 Å². The molecular formula is C17H19NO3. The number of benzene rings is 1. The number of nitrogens with one attached hydrogen (secondary N) is 1. The van der Waals surface area contributed by atoms with Gasteiger partial charge in [-0.05, 0) is 47.9 Å². The van der Waals surface area contributed by atoms with Crippen molar-refractivity contribution in [2.24, 2.45) is 17.8 Å². The molecule has 0 spiro atoms. The SMILES string of the molecule is O=C(O)/C=C/c1cccc(CNC(=O)C2C3CCCC32)c1. The highest BCUT2D eigenvalue weighted by atomic mass is 16.4. The zero-order valence-corrected chi connectivity index (χ0v) is 11.8. The molecule has 2 saturated carbocycles. The van der Waals surface area contributed by atoms with Crippen molar-refractivity contribution in [1.82, 2.24) is 5.32 Å². The van der Waals surface area contributed by atoms with Gasteiger partial charge in [0.15, 0.2) is 0 Å². The molecule has 2 aliphatic carbocycles. The quantitative estimate of drug-likeness (QED) is 0.817. The first kappa shape index (κ1) is 13.9. The van der Waals surface area contributed by atoms with Gasteiger partial charge in [0.2, 0.25) is 5.91 Å². The Labute approximate surface area is 123 Å². The first-order chi connectivity index (χ1) is 10.1. The number of carboxylic acids is 1. The van der Waals surface area contributed by atoms with Crippen molar-refractivity contribution in [3.8, 4) is 0 Å². The molecule has 0 radical (unpaired) electrons. The number of carboxylic acid groups (broad SMARTS) is 1. The van der Waals surface area contributed by atoms with Crippen LogP contribution in [0.5, 0.6) is 0 Å². The van der Waals surface area contributed by atoms with Crippen LogP contribution in [0.3, 0.4) is 0 Å². The summed E-state index contributed by atoms with van der Waals surface area (Å²) < 4.78 is 0. The Morgan fingerprint density at radius 2 is 2.05 bits per heavy atom. The highest BCUT2D eigenvalue weighted by Crippen LogP contribution is 2.57. The fourth-order valence-electron chi connectivity index (χ4n) is 3.49. The molecule has 0 aromatic heterocycles. The van der Waals surface area contributed by atoms with E-state index < -0.39 is 5.97 Å². The zero-order chi connectivity index (χ0) is 14.8. The molecule has 0 bridgehead atoms. The van der Waals surface area contributed by atoms with Gasteiger partial charge in [0.1, 0.15) is 0 Å². The van der Waals surface area contributed by atoms with E-state index in [9.17, 15) is 9.59 Å². The minimum absolute atomic E-state index is 0.177. The highest BCUT2D eigenvalue weighted by Gasteiger charge is 2.56. The average Bonchev–Trinajstić information content (AvgIpc) is 2.96. The van der Waals surface area contributed by atoms with Crippen molar-refractivity contribution < 1.29 is 14.7 Å². The molecule has 1 amide bonds. The topological polar surface area (TPSA) is 66.4 Å². The van der Waals surface area contributed by atoms with Gasteiger partial charge in [0.25, 0.3) is 0 Å². The van der Waals surface area contributed by atoms with Gasteiger partial charge >= 0.3 is 5.97 Å². The van der Waals surface area contributed by atoms with Gasteiger partial charge in [-0.25, -0.2) is 4.79 Å². The first-order valence-corrected chi connectivity index (χ1v) is 7.43. The summed E-state index contributed by atoms with van der Waals surface area (Å²) in [6.07, 6.45) is 6.36. The number of carbonyl (C=O) groups is 2. The molecule has 2 N–H and O–H groups in total. The van der Waals surface area contributed by atoms with E-state index in [0.717, 1.165) is 17.2 Å². The van der Waals surface area contributed by atoms with Crippen molar-refractivity contribution in [3.63, 3.8) is 0 Å². The van der Waals surface area contributed by atoms with Crippen LogP contribution < -0.4 is 5.32 Å². The smallest absolute Gasteiger partial charge is 0.328 e. The summed E-state index contributed by atoms with van der Waals surface area (Å²) in [6.45, 7) is 0.503. The maximum Gasteiger partial charge on any atom is 0.328 e. The van der Waals surface area contributed by atoms with Crippen LogP contribution in [0.4, 0.5) is 0 Å². The van der Waals surface area contributed by atoms with Crippen LogP contribution in [-0.2, 0) is 16.1 Å². The third-order valence-corrected chi connectivity index (χ3v) is 4.55. The molecule has 2 aliphatic rings. The van der Waals surface area contributed by atoms with Gasteiger partial charge < -0.3 is 10.4 Å². The predicted molar refractivity (Wildman–Crippen MR) is 79.3 cm³/mol. The number of carbonyl (C=O) groups excluding carboxylic acids is 1. The van der Waals surface area contributed by atoms with Gasteiger partial charge in [0, 0.05) is 18.5 Å². The van der Waals surface area contributed by atoms with Gasteiger partial charge in [0.05, 0.1) is 0 Å². The van der Waals surface area contributed by atoms with Crippen molar-refractivity contribution in [3.05, 3.63) is 41.5 Å². The normalized spacial score (nSPS) is 26.6. The monoisotopic (exact) mass is 285 g/mol. The molecule has 2 fully saturated rings. The van der Waals surface area contributed by atoms with Crippen molar-refractivity contribution in [2.75, 3.05) is 0 Å². The minimum Gasteiger partial charge on any atom is -0.478 e. The molecule has 0 heterocycles. The number of hydrogen-bond acceptors (Lipinski definition) is 2. The Balaban J connectivity index is 1.54. The van der Waals surface area contributed by atoms with E-state index in [1.54, 1.807) is 6.08 Å². The summed E-state index contributed by atoms with van der Waals surface area (Å²) in [5.74, 6) is 0.726. The van der Waals surface area contributed by atoms with Crippen LogP contribution in [0.15, 0.2) is 30.3 Å². The zero-order valence-electron chi connectivity index (χ0n) is 11.8. The molecule has 2 unspecified atom stereocenters. The lowest BCUT2D eigenvalue weighted by molar-refractivity contribution is -0.131. The van der Waals surface area contributed by atoms with Gasteiger partial charge in [-0.3, -0.25) is 4.79 Å². The number of amides is 1. The van der Waals surface area contributed by atoms with E-state index in [2.05, 4.69) is 5.32 Å². The predicted octanol–water partition coefficient (Wildman–Crippen LogP) is 2.45. The van der Waals surface area contributed by atoms with Crippen molar-refractivity contribution >= 4 is 18.0 Å². The van der Waals surface area contributed by atoms with Crippen LogP contribution in [0, 0.1) is 17.8 Å². The van der Waals surface area contributed by atoms with Gasteiger partial charge in [-0.1, -0.05) is 24.6 Å². The second-order valence-electron chi connectivity index (χ2n) is 5.92. The van der Waals surface area contributed by atoms with Crippen LogP contribution in [0.1, 0.15) is 30.4 Å². The number of hydrogen-bond donors (Lipinski definition) is 2. The number of rotatable bonds is 5. The van der Waals surface area contributed by atoms with Crippen LogP contribution >= 0.6 is 0 Å². The summed E-state index contributed by atoms with van der Waals surface area (Å²) in [5.41, 5.74) is 1.81. The maximum absolute atomic E-state index is 12.1. The van der Waals surface area contributed by atoms with Crippen LogP contribution in [0.2, 0.25) is 0 Å². The van der Waals surface area contributed by atoms with E-state index in [1.807, 2.05) is 24.3 Å². The van der Waals surface area contributed by atoms with Gasteiger partial charge in [-0.15, -0.1) is 0 Å². The highest BCUT2D eigenvalue weighted by molar-refractivity contribution is 5.85. The molecule has 2 atom stereocenters. The largest absolute Gasteiger partial charge is 0.478 e. The summed E-state index contributed by atoms with van der Waals surface area (Å²) >= 11 is 0. The maximum atomic E-state index is 12.1. The Morgan fingerprint density at radius 3 is 2.76 bits per heavy atom. The fourth-order valence-corrected chi connectivity index (χ4v) is 3.49. The van der Waals surface area contributed by atoms with E-state index in [-0.39, 0.29) is 11.8 Å². The lowest BCUT2D eigenvalue weighted by Gasteiger charge is -2.07. The Hall–Kier alpha value is -2.10. The van der Waals surface area contributed by atoms with Crippen LogP contribution in [-0.4, -0.2) is 17.0 Å². The van der Waals surface area contributed by atoms with E-state index >= 15 is 0 Å². The Bertz CT molecular complexity index is 583.